The summed E-state index contributed by atoms with van der Waals surface area (Å²) in [6.45, 7) is 6.60. The molecule has 18 heavy (non-hydrogen) atoms. The number of hydrogen-bond acceptors (Lipinski definition) is 2. The fourth-order valence-electron chi connectivity index (χ4n) is 2.34. The summed E-state index contributed by atoms with van der Waals surface area (Å²) < 4.78 is 0. The highest BCUT2D eigenvalue weighted by Crippen LogP contribution is 2.30. The number of carbonyl (C=O) groups excluding carboxylic acids is 1. The molecule has 1 aliphatic rings. The predicted molar refractivity (Wildman–Crippen MR) is 79.3 cm³/mol. The molecule has 0 spiro atoms. The maximum Gasteiger partial charge on any atom is 0.232 e. The molecule has 0 unspecified atom stereocenters. The van der Waals surface area contributed by atoms with Gasteiger partial charge in [0.25, 0.3) is 0 Å². The Balaban J connectivity index is 2.26. The molecule has 0 aromatic carbocycles. The number of nitrogens with two attached hydrogens (primary N) is 1. The molecule has 0 aromatic heterocycles. The summed E-state index contributed by atoms with van der Waals surface area (Å²) in [5.74, 6) is 1.60. The SMILES string of the molecule is CC1CCC(CCNC(=O)C(C)(C)C(N)=S)CC1. The molecular formula is C14H26N2OS. The lowest BCUT2D eigenvalue weighted by Gasteiger charge is -2.27. The molecule has 0 aliphatic heterocycles. The molecule has 1 saturated carbocycles. The highest BCUT2D eigenvalue weighted by Gasteiger charge is 2.30. The first-order chi connectivity index (χ1) is 8.34. The number of thiocarbonyl (C=S) groups is 1. The van der Waals surface area contributed by atoms with Crippen molar-refractivity contribution >= 4 is 23.1 Å². The molecule has 1 fully saturated rings. The van der Waals surface area contributed by atoms with Crippen molar-refractivity contribution in [3.63, 3.8) is 0 Å². The molecule has 0 radical (unpaired) electrons. The number of nitrogens with one attached hydrogen (secondary N) is 1. The normalized spacial score (nSPS) is 24.6. The van der Waals surface area contributed by atoms with Gasteiger partial charge in [-0.2, -0.15) is 0 Å². The molecular weight excluding hydrogens is 244 g/mol. The van der Waals surface area contributed by atoms with Gasteiger partial charge in [0.1, 0.15) is 0 Å². The third-order valence-corrected chi connectivity index (χ3v) is 4.67. The van der Waals surface area contributed by atoms with E-state index in [1.54, 1.807) is 13.8 Å². The summed E-state index contributed by atoms with van der Waals surface area (Å²) in [7, 11) is 0. The Morgan fingerprint density at radius 3 is 2.39 bits per heavy atom. The average molecular weight is 270 g/mol. The van der Waals surface area contributed by atoms with Crippen molar-refractivity contribution in [2.75, 3.05) is 6.54 Å². The zero-order chi connectivity index (χ0) is 13.8. The van der Waals surface area contributed by atoms with Crippen molar-refractivity contribution < 1.29 is 4.79 Å². The van der Waals surface area contributed by atoms with E-state index in [1.807, 2.05) is 0 Å². The van der Waals surface area contributed by atoms with Gasteiger partial charge in [-0.25, -0.2) is 0 Å². The maximum atomic E-state index is 11.9. The Labute approximate surface area is 116 Å². The van der Waals surface area contributed by atoms with Gasteiger partial charge in [-0.1, -0.05) is 44.8 Å². The van der Waals surface area contributed by atoms with Gasteiger partial charge in [0.2, 0.25) is 5.91 Å². The Morgan fingerprint density at radius 2 is 1.89 bits per heavy atom. The summed E-state index contributed by atoms with van der Waals surface area (Å²) >= 11 is 4.91. The molecule has 1 aliphatic carbocycles. The van der Waals surface area contributed by atoms with E-state index in [4.69, 9.17) is 18.0 Å². The van der Waals surface area contributed by atoms with Crippen LogP contribution >= 0.6 is 12.2 Å². The summed E-state index contributed by atoms with van der Waals surface area (Å²) in [6, 6.07) is 0. The van der Waals surface area contributed by atoms with Gasteiger partial charge in [-0.15, -0.1) is 0 Å². The van der Waals surface area contributed by atoms with Crippen molar-refractivity contribution in [2.24, 2.45) is 23.0 Å². The quantitative estimate of drug-likeness (QED) is 0.755. The van der Waals surface area contributed by atoms with E-state index in [1.165, 1.54) is 25.7 Å². The zero-order valence-corrected chi connectivity index (χ0v) is 12.6. The second-order valence-electron chi connectivity index (χ2n) is 6.16. The van der Waals surface area contributed by atoms with Gasteiger partial charge in [0, 0.05) is 6.54 Å². The molecule has 3 N–H and O–H groups in total. The zero-order valence-electron chi connectivity index (χ0n) is 11.8. The molecule has 0 heterocycles. The largest absolute Gasteiger partial charge is 0.392 e. The first-order valence-electron chi connectivity index (χ1n) is 6.92. The molecule has 3 nitrogen and oxygen atoms in total. The molecule has 104 valence electrons. The van der Waals surface area contributed by atoms with Crippen LogP contribution in [0.1, 0.15) is 52.9 Å². The van der Waals surface area contributed by atoms with Crippen LogP contribution < -0.4 is 11.1 Å². The van der Waals surface area contributed by atoms with Crippen LogP contribution in [-0.2, 0) is 4.79 Å². The second kappa shape index (κ2) is 6.50. The van der Waals surface area contributed by atoms with Gasteiger partial charge >= 0.3 is 0 Å². The van der Waals surface area contributed by atoms with E-state index in [-0.39, 0.29) is 10.9 Å². The third-order valence-electron chi connectivity index (χ3n) is 4.16. The fraction of sp³-hybridized carbons (Fsp3) is 0.857. The lowest BCUT2D eigenvalue weighted by molar-refractivity contribution is -0.126. The Hall–Kier alpha value is -0.640. The topological polar surface area (TPSA) is 55.1 Å². The van der Waals surface area contributed by atoms with E-state index in [9.17, 15) is 4.79 Å². The Kier molecular flexibility index (Phi) is 5.57. The van der Waals surface area contributed by atoms with Crippen LogP contribution in [0, 0.1) is 17.3 Å². The maximum absolute atomic E-state index is 11.9. The number of amides is 1. The van der Waals surface area contributed by atoms with Gasteiger partial charge < -0.3 is 11.1 Å². The van der Waals surface area contributed by atoms with E-state index in [2.05, 4.69) is 12.2 Å². The van der Waals surface area contributed by atoms with Crippen LogP contribution in [0.3, 0.4) is 0 Å². The van der Waals surface area contributed by atoms with Gasteiger partial charge in [0.15, 0.2) is 0 Å². The highest BCUT2D eigenvalue weighted by molar-refractivity contribution is 7.80. The van der Waals surface area contributed by atoms with E-state index in [0.717, 1.165) is 24.8 Å². The van der Waals surface area contributed by atoms with Crippen LogP contribution in [-0.4, -0.2) is 17.4 Å². The lowest BCUT2D eigenvalue weighted by Crippen LogP contribution is -2.45. The van der Waals surface area contributed by atoms with Gasteiger partial charge in [-0.3, -0.25) is 4.79 Å². The Morgan fingerprint density at radius 1 is 1.33 bits per heavy atom. The molecule has 0 aromatic rings. The average Bonchev–Trinajstić information content (AvgIpc) is 2.31. The molecule has 0 bridgehead atoms. The number of carbonyl (C=O) groups is 1. The van der Waals surface area contributed by atoms with Crippen LogP contribution in [0.4, 0.5) is 0 Å². The first kappa shape index (κ1) is 15.4. The van der Waals surface area contributed by atoms with E-state index >= 15 is 0 Å². The third kappa shape index (κ3) is 4.23. The lowest BCUT2D eigenvalue weighted by atomic mass is 9.81. The van der Waals surface area contributed by atoms with Crippen LogP contribution in [0.2, 0.25) is 0 Å². The standard InChI is InChI=1S/C14H26N2OS/c1-10-4-6-11(7-5-10)8-9-16-13(17)14(2,3)12(15)18/h10-11H,4-9H2,1-3H3,(H2,15,18)(H,16,17). The minimum Gasteiger partial charge on any atom is -0.392 e. The van der Waals surface area contributed by atoms with Crippen molar-refractivity contribution in [2.45, 2.75) is 52.9 Å². The molecule has 1 rings (SSSR count). The van der Waals surface area contributed by atoms with E-state index in [0.29, 0.717) is 0 Å². The van der Waals surface area contributed by atoms with E-state index < -0.39 is 5.41 Å². The monoisotopic (exact) mass is 270 g/mol. The van der Waals surface area contributed by atoms with Crippen molar-refractivity contribution in [1.29, 1.82) is 0 Å². The molecule has 0 saturated heterocycles. The van der Waals surface area contributed by atoms with Gasteiger partial charge in [0.05, 0.1) is 10.4 Å². The minimum absolute atomic E-state index is 0.0563. The van der Waals surface area contributed by atoms with Crippen molar-refractivity contribution in [3.8, 4) is 0 Å². The summed E-state index contributed by atoms with van der Waals surface area (Å²) in [5, 5.41) is 2.96. The summed E-state index contributed by atoms with van der Waals surface area (Å²) in [6.07, 6.45) is 6.34. The summed E-state index contributed by atoms with van der Waals surface area (Å²) in [4.78, 5) is 12.2. The summed E-state index contributed by atoms with van der Waals surface area (Å²) in [5.41, 5.74) is 4.83. The molecule has 4 heteroatoms. The minimum atomic E-state index is -0.740. The highest BCUT2D eigenvalue weighted by atomic mass is 32.1. The van der Waals surface area contributed by atoms with Crippen molar-refractivity contribution in [1.82, 2.24) is 5.32 Å². The smallest absolute Gasteiger partial charge is 0.232 e. The molecule has 1 amide bonds. The second-order valence-corrected chi connectivity index (χ2v) is 6.60. The van der Waals surface area contributed by atoms with Gasteiger partial charge in [-0.05, 0) is 32.1 Å². The van der Waals surface area contributed by atoms with Crippen LogP contribution in [0.15, 0.2) is 0 Å². The van der Waals surface area contributed by atoms with Crippen LogP contribution in [0.5, 0.6) is 0 Å². The number of rotatable bonds is 5. The molecule has 0 atom stereocenters. The fourth-order valence-corrected chi connectivity index (χ4v) is 2.43. The van der Waals surface area contributed by atoms with Crippen molar-refractivity contribution in [3.05, 3.63) is 0 Å². The first-order valence-corrected chi connectivity index (χ1v) is 7.33. The Bertz CT molecular complexity index is 307. The van der Waals surface area contributed by atoms with Crippen LogP contribution in [0.25, 0.3) is 0 Å². The predicted octanol–water partition coefficient (Wildman–Crippen LogP) is 2.63. The number of hydrogen-bond donors (Lipinski definition) is 2.